The molecule has 0 saturated heterocycles. The van der Waals surface area contributed by atoms with Gasteiger partial charge in [-0.2, -0.15) is 11.3 Å². The van der Waals surface area contributed by atoms with Crippen molar-refractivity contribution >= 4 is 40.0 Å². The first-order valence-electron chi connectivity index (χ1n) is 9.27. The van der Waals surface area contributed by atoms with E-state index < -0.39 is 0 Å². The van der Waals surface area contributed by atoms with E-state index in [4.69, 9.17) is 4.99 Å². The molecule has 0 unspecified atom stereocenters. The van der Waals surface area contributed by atoms with Gasteiger partial charge in [-0.3, -0.25) is 9.69 Å². The molecule has 0 atom stereocenters. The number of thiophene rings is 1. The molecule has 0 bridgehead atoms. The smallest absolute Gasteiger partial charge is 0.274 e. The second kappa shape index (κ2) is 7.12. The lowest BCUT2D eigenvalue weighted by Crippen LogP contribution is -2.24. The lowest BCUT2D eigenvalue weighted by molar-refractivity contribution is -0.111. The third kappa shape index (κ3) is 3.21. The maximum absolute atomic E-state index is 13.3. The largest absolute Gasteiger partial charge is 0.282 e. The summed E-state index contributed by atoms with van der Waals surface area (Å²) in [6.45, 7) is 6.44. The highest BCUT2D eigenvalue weighted by Gasteiger charge is 2.35. The summed E-state index contributed by atoms with van der Waals surface area (Å²) in [5.74, 6) is 0.359. The Kier molecular flexibility index (Phi) is 4.66. The number of nitrogens with zero attached hydrogens (tertiary/aromatic N) is 2. The van der Waals surface area contributed by atoms with E-state index in [2.05, 4.69) is 45.0 Å². The van der Waals surface area contributed by atoms with E-state index in [1.807, 2.05) is 35.0 Å². The molecule has 2 aromatic carbocycles. The average molecular weight is 375 g/mol. The van der Waals surface area contributed by atoms with Crippen LogP contribution in [0.4, 0.5) is 17.1 Å². The highest BCUT2D eigenvalue weighted by Crippen LogP contribution is 2.38. The third-order valence-electron chi connectivity index (χ3n) is 4.91. The van der Waals surface area contributed by atoms with Crippen molar-refractivity contribution < 1.29 is 4.79 Å². The number of benzene rings is 2. The number of aryl methyl sites for hydroxylation is 1. The van der Waals surface area contributed by atoms with Crippen LogP contribution in [-0.2, 0) is 11.2 Å². The van der Waals surface area contributed by atoms with Crippen molar-refractivity contribution in [3.8, 4) is 0 Å². The van der Waals surface area contributed by atoms with Gasteiger partial charge >= 0.3 is 0 Å². The fraction of sp³-hybridized carbons (Fsp3) is 0.217. The lowest BCUT2D eigenvalue weighted by Gasteiger charge is -2.15. The molecule has 0 saturated carbocycles. The van der Waals surface area contributed by atoms with E-state index >= 15 is 0 Å². The van der Waals surface area contributed by atoms with Crippen LogP contribution in [0.25, 0.3) is 0 Å². The molecule has 1 aromatic heterocycles. The molecule has 4 rings (SSSR count). The number of fused-ring (bicyclic) bond motifs is 1. The van der Waals surface area contributed by atoms with E-state index in [9.17, 15) is 4.79 Å². The number of anilines is 2. The first kappa shape index (κ1) is 17.7. The van der Waals surface area contributed by atoms with Gasteiger partial charge in [-0.15, -0.1) is 0 Å². The zero-order chi connectivity index (χ0) is 19.0. The van der Waals surface area contributed by atoms with Crippen LogP contribution >= 0.6 is 11.3 Å². The van der Waals surface area contributed by atoms with Crippen LogP contribution in [0.5, 0.6) is 0 Å². The summed E-state index contributed by atoms with van der Waals surface area (Å²) in [6.07, 6.45) is 0.927. The maximum Gasteiger partial charge on any atom is 0.282 e. The Morgan fingerprint density at radius 2 is 1.96 bits per heavy atom. The van der Waals surface area contributed by atoms with Gasteiger partial charge in [-0.25, -0.2) is 4.99 Å². The van der Waals surface area contributed by atoms with E-state index in [0.29, 0.717) is 11.6 Å². The van der Waals surface area contributed by atoms with E-state index in [-0.39, 0.29) is 5.91 Å². The molecule has 136 valence electrons. The van der Waals surface area contributed by atoms with Crippen molar-refractivity contribution in [1.82, 2.24) is 0 Å². The molecule has 3 nitrogen and oxygen atoms in total. The first-order chi connectivity index (χ1) is 13.1. The summed E-state index contributed by atoms with van der Waals surface area (Å²) in [4.78, 5) is 19.8. The van der Waals surface area contributed by atoms with Gasteiger partial charge < -0.3 is 0 Å². The summed E-state index contributed by atoms with van der Waals surface area (Å²) in [6, 6.07) is 16.3. The molecule has 4 heteroatoms. The second-order valence-electron chi connectivity index (χ2n) is 7.04. The van der Waals surface area contributed by atoms with Crippen LogP contribution in [-0.4, -0.2) is 11.6 Å². The number of aliphatic imine (C=N–C) groups is 1. The highest BCUT2D eigenvalue weighted by molar-refractivity contribution is 7.08. The quantitative estimate of drug-likeness (QED) is 0.532. The summed E-state index contributed by atoms with van der Waals surface area (Å²) >= 11 is 1.59. The van der Waals surface area contributed by atoms with Crippen molar-refractivity contribution in [3.05, 3.63) is 76.0 Å². The zero-order valence-corrected chi connectivity index (χ0v) is 16.6. The van der Waals surface area contributed by atoms with Gasteiger partial charge in [0.2, 0.25) is 0 Å². The van der Waals surface area contributed by atoms with Crippen molar-refractivity contribution in [2.75, 3.05) is 4.90 Å². The predicted molar refractivity (Wildman–Crippen MR) is 114 cm³/mol. The van der Waals surface area contributed by atoms with Gasteiger partial charge in [0, 0.05) is 10.9 Å². The number of carbonyl (C=O) groups excluding carboxylic acids is 1. The van der Waals surface area contributed by atoms with Gasteiger partial charge in [-0.05, 0) is 59.2 Å². The number of hydrogen-bond acceptors (Lipinski definition) is 3. The zero-order valence-electron chi connectivity index (χ0n) is 15.8. The normalized spacial score (nSPS) is 15.0. The molecule has 1 amide bonds. The molecule has 0 fully saturated rings. The molecule has 1 aliphatic heterocycles. The van der Waals surface area contributed by atoms with Gasteiger partial charge in [-0.1, -0.05) is 39.0 Å². The molecule has 27 heavy (non-hydrogen) atoms. The van der Waals surface area contributed by atoms with Crippen LogP contribution in [0.3, 0.4) is 0 Å². The average Bonchev–Trinajstić information content (AvgIpc) is 3.28. The van der Waals surface area contributed by atoms with E-state index in [1.165, 1.54) is 11.1 Å². The standard InChI is InChI=1S/C23H22N2OS/c1-4-16-8-9-21-20(12-16)22(23(26)25(21)19-10-11-27-14-19)24-18-7-5-6-17(13-18)15(2)3/h5-15H,4H2,1-3H3. The molecular weight excluding hydrogens is 352 g/mol. The number of carbonyl (C=O) groups is 1. The Morgan fingerprint density at radius 3 is 2.67 bits per heavy atom. The summed E-state index contributed by atoms with van der Waals surface area (Å²) in [5.41, 5.74) is 6.50. The van der Waals surface area contributed by atoms with Crippen LogP contribution in [0.2, 0.25) is 0 Å². The third-order valence-corrected chi connectivity index (χ3v) is 5.58. The summed E-state index contributed by atoms with van der Waals surface area (Å²) in [5, 5.41) is 3.99. The molecule has 0 N–H and O–H groups in total. The lowest BCUT2D eigenvalue weighted by atomic mass is 10.0. The predicted octanol–water partition coefficient (Wildman–Crippen LogP) is 6.23. The topological polar surface area (TPSA) is 32.7 Å². The number of rotatable bonds is 4. The van der Waals surface area contributed by atoms with Crippen molar-refractivity contribution in [3.63, 3.8) is 0 Å². The first-order valence-corrected chi connectivity index (χ1v) is 10.2. The molecule has 3 aromatic rings. The van der Waals surface area contributed by atoms with E-state index in [1.54, 1.807) is 16.2 Å². The van der Waals surface area contributed by atoms with Crippen molar-refractivity contribution in [1.29, 1.82) is 0 Å². The fourth-order valence-corrected chi connectivity index (χ4v) is 3.97. The molecular formula is C23H22N2OS. The second-order valence-corrected chi connectivity index (χ2v) is 7.82. The van der Waals surface area contributed by atoms with Gasteiger partial charge in [0.15, 0.2) is 0 Å². The monoisotopic (exact) mass is 374 g/mol. The minimum Gasteiger partial charge on any atom is -0.274 e. The summed E-state index contributed by atoms with van der Waals surface area (Å²) in [7, 11) is 0. The molecule has 2 heterocycles. The minimum absolute atomic E-state index is 0.0633. The van der Waals surface area contributed by atoms with Gasteiger partial charge in [0.1, 0.15) is 5.71 Å². The van der Waals surface area contributed by atoms with E-state index in [0.717, 1.165) is 29.0 Å². The van der Waals surface area contributed by atoms with Gasteiger partial charge in [0.05, 0.1) is 17.1 Å². The number of hydrogen-bond donors (Lipinski definition) is 0. The van der Waals surface area contributed by atoms with Crippen LogP contribution in [0.15, 0.2) is 64.3 Å². The highest BCUT2D eigenvalue weighted by atomic mass is 32.1. The Balaban J connectivity index is 1.86. The van der Waals surface area contributed by atoms with Crippen molar-refractivity contribution in [2.45, 2.75) is 33.1 Å². The summed E-state index contributed by atoms with van der Waals surface area (Å²) < 4.78 is 0. The Labute approximate surface area is 164 Å². The molecule has 0 spiro atoms. The molecule has 0 aliphatic carbocycles. The minimum atomic E-state index is -0.0633. The Bertz CT molecular complexity index is 1020. The Morgan fingerprint density at radius 1 is 1.11 bits per heavy atom. The fourth-order valence-electron chi connectivity index (χ4n) is 3.35. The maximum atomic E-state index is 13.3. The molecule has 0 radical (unpaired) electrons. The van der Waals surface area contributed by atoms with Crippen LogP contribution in [0, 0.1) is 0 Å². The van der Waals surface area contributed by atoms with Gasteiger partial charge in [0.25, 0.3) is 5.91 Å². The number of amides is 1. The van der Waals surface area contributed by atoms with Crippen LogP contribution in [0.1, 0.15) is 43.4 Å². The Hall–Kier alpha value is -2.72. The SMILES string of the molecule is CCc1ccc2c(c1)C(=Nc1cccc(C(C)C)c1)C(=O)N2c1ccsc1. The molecule has 1 aliphatic rings. The van der Waals surface area contributed by atoms with Crippen molar-refractivity contribution in [2.24, 2.45) is 4.99 Å². The van der Waals surface area contributed by atoms with Crippen LogP contribution < -0.4 is 4.90 Å².